The van der Waals surface area contributed by atoms with Crippen LogP contribution in [-0.2, 0) is 0 Å². The maximum Gasteiger partial charge on any atom is 0.230 e. The molecule has 10 nitrogen and oxygen atoms in total. The van der Waals surface area contributed by atoms with Crippen LogP contribution >= 0.6 is 0 Å². The highest BCUT2D eigenvalue weighted by Crippen LogP contribution is 2.31. The van der Waals surface area contributed by atoms with Crippen LogP contribution in [0.3, 0.4) is 0 Å². The Kier molecular flexibility index (Phi) is 3.85. The molecular weight excluding hydrogens is 367 g/mol. The quantitative estimate of drug-likeness (QED) is 0.566. The van der Waals surface area contributed by atoms with Gasteiger partial charge in [-0.25, -0.2) is 4.39 Å². The van der Waals surface area contributed by atoms with Crippen molar-refractivity contribution in [3.8, 4) is 17.1 Å². The zero-order chi connectivity index (χ0) is 19.1. The predicted molar refractivity (Wildman–Crippen MR) is 94.1 cm³/mol. The maximum atomic E-state index is 13.2. The van der Waals surface area contributed by atoms with E-state index in [1.165, 1.54) is 18.2 Å². The lowest BCUT2D eigenvalue weighted by Gasteiger charge is -2.31. The number of aromatic nitrogens is 7. The first-order valence-electron chi connectivity index (χ1n) is 8.78. The molecule has 5 rings (SSSR count). The molecule has 1 N–H and O–H groups in total. The molecule has 0 saturated carbocycles. The van der Waals surface area contributed by atoms with E-state index in [0.717, 1.165) is 31.7 Å². The van der Waals surface area contributed by atoms with Gasteiger partial charge >= 0.3 is 0 Å². The van der Waals surface area contributed by atoms with E-state index in [2.05, 4.69) is 35.5 Å². The number of fused-ring (bicyclic) bond motifs is 1. The summed E-state index contributed by atoms with van der Waals surface area (Å²) in [5.41, 5.74) is 1.10. The first-order chi connectivity index (χ1) is 13.7. The van der Waals surface area contributed by atoms with E-state index in [1.54, 1.807) is 16.9 Å². The van der Waals surface area contributed by atoms with Crippen LogP contribution in [-0.4, -0.2) is 53.4 Å². The highest BCUT2D eigenvalue weighted by molar-refractivity contribution is 5.57. The molecule has 142 valence electrons. The number of halogens is 1. The monoisotopic (exact) mass is 382 g/mol. The Morgan fingerprint density at radius 2 is 2.04 bits per heavy atom. The van der Waals surface area contributed by atoms with Gasteiger partial charge in [-0.05, 0) is 41.5 Å². The number of hydrogen-bond acceptors (Lipinski definition) is 9. The second-order valence-corrected chi connectivity index (χ2v) is 6.60. The van der Waals surface area contributed by atoms with Crippen LogP contribution in [0.1, 0.15) is 24.7 Å². The minimum atomic E-state index is -0.688. The number of benzene rings is 1. The second kappa shape index (κ2) is 6.51. The highest BCUT2D eigenvalue weighted by atomic mass is 19.1. The van der Waals surface area contributed by atoms with Gasteiger partial charge in [0.25, 0.3) is 0 Å². The number of tetrazole rings is 1. The van der Waals surface area contributed by atoms with E-state index in [9.17, 15) is 9.50 Å². The van der Waals surface area contributed by atoms with Gasteiger partial charge in [-0.3, -0.25) is 4.98 Å². The van der Waals surface area contributed by atoms with Crippen molar-refractivity contribution in [3.63, 3.8) is 0 Å². The average molecular weight is 382 g/mol. The van der Waals surface area contributed by atoms with Gasteiger partial charge in [0.15, 0.2) is 23.0 Å². The fraction of sp³-hybridized carbons (Fsp3) is 0.294. The lowest BCUT2D eigenvalue weighted by atomic mass is 9.97. The molecule has 0 radical (unpaired) electrons. The van der Waals surface area contributed by atoms with Crippen LogP contribution in [0.25, 0.3) is 17.0 Å². The summed E-state index contributed by atoms with van der Waals surface area (Å²) < 4.78 is 20.3. The van der Waals surface area contributed by atoms with E-state index in [0.29, 0.717) is 22.9 Å². The van der Waals surface area contributed by atoms with Gasteiger partial charge in [0.05, 0.1) is 12.4 Å². The van der Waals surface area contributed by atoms with Crippen molar-refractivity contribution < 1.29 is 14.0 Å². The van der Waals surface area contributed by atoms with Crippen molar-refractivity contribution in [2.24, 2.45) is 0 Å². The third kappa shape index (κ3) is 2.80. The molecule has 1 fully saturated rings. The third-order valence-corrected chi connectivity index (χ3v) is 4.90. The van der Waals surface area contributed by atoms with Crippen LogP contribution in [0.4, 0.5) is 10.2 Å². The van der Waals surface area contributed by atoms with Gasteiger partial charge in [0.2, 0.25) is 11.7 Å². The molecule has 1 aliphatic rings. The van der Waals surface area contributed by atoms with Crippen LogP contribution in [0.2, 0.25) is 0 Å². The number of rotatable bonds is 3. The van der Waals surface area contributed by atoms with Gasteiger partial charge < -0.3 is 14.5 Å². The molecule has 0 unspecified atom stereocenters. The van der Waals surface area contributed by atoms with Crippen molar-refractivity contribution in [3.05, 3.63) is 42.3 Å². The summed E-state index contributed by atoms with van der Waals surface area (Å²) >= 11 is 0. The minimum absolute atomic E-state index is 0.118. The molecule has 1 aliphatic heterocycles. The predicted octanol–water partition coefficient (Wildman–Crippen LogP) is 1.80. The van der Waals surface area contributed by atoms with E-state index in [1.807, 2.05) is 0 Å². The third-order valence-electron chi connectivity index (χ3n) is 4.90. The molecule has 28 heavy (non-hydrogen) atoms. The number of nitrogens with zero attached hydrogens (tertiary/aromatic N) is 8. The fourth-order valence-corrected chi connectivity index (χ4v) is 3.40. The molecule has 1 aromatic carbocycles. The largest absolute Gasteiger partial charge is 0.505 e. The highest BCUT2D eigenvalue weighted by Gasteiger charge is 2.27. The zero-order valence-electron chi connectivity index (χ0n) is 14.6. The molecule has 1 saturated heterocycles. The SMILES string of the molecule is Oc1cc(-c2noc(C3CCN(c4cncc5nnnn45)CC3)n2)ccc1F. The number of piperidine rings is 1. The van der Waals surface area contributed by atoms with Gasteiger partial charge in [-0.15, -0.1) is 5.10 Å². The van der Waals surface area contributed by atoms with Crippen LogP contribution in [0.5, 0.6) is 5.75 Å². The Bertz CT molecular complexity index is 1140. The van der Waals surface area contributed by atoms with Crippen molar-refractivity contribution >= 4 is 11.5 Å². The van der Waals surface area contributed by atoms with Crippen molar-refractivity contribution in [1.29, 1.82) is 0 Å². The fourth-order valence-electron chi connectivity index (χ4n) is 3.40. The molecule has 11 heteroatoms. The number of phenolic OH excluding ortho intramolecular Hbond substituents is 1. The van der Waals surface area contributed by atoms with Crippen molar-refractivity contribution in [2.75, 3.05) is 18.0 Å². The summed E-state index contributed by atoms with van der Waals surface area (Å²) in [5, 5.41) is 25.1. The first kappa shape index (κ1) is 16.5. The number of anilines is 1. The van der Waals surface area contributed by atoms with Gasteiger partial charge in [0, 0.05) is 24.6 Å². The van der Waals surface area contributed by atoms with E-state index in [4.69, 9.17) is 4.52 Å². The van der Waals surface area contributed by atoms with Crippen LogP contribution in [0.15, 0.2) is 35.1 Å². The van der Waals surface area contributed by atoms with Crippen LogP contribution < -0.4 is 4.90 Å². The Morgan fingerprint density at radius 3 is 2.86 bits per heavy atom. The smallest absolute Gasteiger partial charge is 0.230 e. The normalized spacial score (nSPS) is 15.4. The van der Waals surface area contributed by atoms with Crippen molar-refractivity contribution in [1.82, 2.24) is 35.2 Å². The summed E-state index contributed by atoms with van der Waals surface area (Å²) in [6.45, 7) is 1.53. The lowest BCUT2D eigenvalue weighted by Crippen LogP contribution is -2.34. The van der Waals surface area contributed by atoms with E-state index >= 15 is 0 Å². The molecule has 0 aliphatic carbocycles. The standard InChI is InChI=1S/C17H15FN8O2/c18-12-2-1-11(7-13(12)27)16-20-17(28-22-16)10-3-5-25(6-4-10)15-9-19-8-14-21-23-24-26(14)15/h1-2,7-10,27H,3-6H2. The maximum absolute atomic E-state index is 13.2. The molecule has 3 aromatic heterocycles. The molecule has 4 aromatic rings. The molecule has 0 amide bonds. The summed E-state index contributed by atoms with van der Waals surface area (Å²) in [4.78, 5) is 10.8. The van der Waals surface area contributed by atoms with Gasteiger partial charge in [0.1, 0.15) is 0 Å². The summed E-state index contributed by atoms with van der Waals surface area (Å²) in [6, 6.07) is 3.96. The molecule has 0 spiro atoms. The van der Waals surface area contributed by atoms with E-state index in [-0.39, 0.29) is 5.92 Å². The molecule has 0 bridgehead atoms. The number of aromatic hydroxyl groups is 1. The zero-order valence-corrected chi connectivity index (χ0v) is 14.6. The topological polar surface area (TPSA) is 118 Å². The molecule has 4 heterocycles. The Hall–Kier alpha value is -3.63. The Morgan fingerprint density at radius 1 is 1.18 bits per heavy atom. The van der Waals surface area contributed by atoms with Crippen LogP contribution in [0, 0.1) is 5.82 Å². The lowest BCUT2D eigenvalue weighted by molar-refractivity contribution is 0.329. The Labute approximate surface area is 157 Å². The van der Waals surface area contributed by atoms with E-state index < -0.39 is 11.6 Å². The molecule has 0 atom stereocenters. The Balaban J connectivity index is 1.31. The summed E-state index contributed by atoms with van der Waals surface area (Å²) in [5.74, 6) is 0.698. The molecular formula is C17H15FN8O2. The van der Waals surface area contributed by atoms with Gasteiger partial charge in [-0.1, -0.05) is 5.16 Å². The number of hydrogen-bond donors (Lipinski definition) is 1. The first-order valence-corrected chi connectivity index (χ1v) is 8.78. The van der Waals surface area contributed by atoms with Crippen molar-refractivity contribution in [2.45, 2.75) is 18.8 Å². The minimum Gasteiger partial charge on any atom is -0.505 e. The van der Waals surface area contributed by atoms with Gasteiger partial charge in [-0.2, -0.15) is 9.50 Å². The average Bonchev–Trinajstić information content (AvgIpc) is 3.39. The second-order valence-electron chi connectivity index (χ2n) is 6.60. The number of phenols is 1. The summed E-state index contributed by atoms with van der Waals surface area (Å²) in [7, 11) is 0. The summed E-state index contributed by atoms with van der Waals surface area (Å²) in [6.07, 6.45) is 4.99.